The number of rotatable bonds is 3. The molecule has 0 saturated carbocycles. The summed E-state index contributed by atoms with van der Waals surface area (Å²) < 4.78 is 10.8. The molecule has 0 spiro atoms. The van der Waals surface area contributed by atoms with E-state index in [1.54, 1.807) is 12.1 Å². The van der Waals surface area contributed by atoms with Gasteiger partial charge in [-0.3, -0.25) is 4.79 Å². The van der Waals surface area contributed by atoms with Crippen molar-refractivity contribution in [3.63, 3.8) is 0 Å². The molecule has 0 fully saturated rings. The first-order valence-corrected chi connectivity index (χ1v) is 6.27. The predicted molar refractivity (Wildman–Crippen MR) is 75.8 cm³/mol. The van der Waals surface area contributed by atoms with Crippen molar-refractivity contribution in [2.75, 3.05) is 23.0 Å². The summed E-state index contributed by atoms with van der Waals surface area (Å²) in [5, 5.41) is 5.93. The Morgan fingerprint density at radius 1 is 1.40 bits per heavy atom. The number of furan rings is 1. The number of nitrogens with two attached hydrogens (primary N) is 1. The number of fused-ring (bicyclic) bond motifs is 1. The number of nitrogens with one attached hydrogen (secondary N) is 2. The zero-order valence-corrected chi connectivity index (χ0v) is 11.0. The van der Waals surface area contributed by atoms with Crippen LogP contribution in [0.5, 0.6) is 5.75 Å². The van der Waals surface area contributed by atoms with Crippen molar-refractivity contribution in [2.45, 2.75) is 13.5 Å². The summed E-state index contributed by atoms with van der Waals surface area (Å²) in [4.78, 5) is 11.3. The minimum atomic E-state index is -0.171. The lowest BCUT2D eigenvalue weighted by Crippen LogP contribution is -2.25. The largest absolute Gasteiger partial charge is 0.482 e. The number of benzene rings is 1. The van der Waals surface area contributed by atoms with Gasteiger partial charge in [0, 0.05) is 6.07 Å². The van der Waals surface area contributed by atoms with Gasteiger partial charge in [-0.1, -0.05) is 0 Å². The first-order chi connectivity index (χ1) is 9.61. The van der Waals surface area contributed by atoms with E-state index in [1.165, 1.54) is 0 Å². The predicted octanol–water partition coefficient (Wildman–Crippen LogP) is 2.11. The first-order valence-electron chi connectivity index (χ1n) is 6.27. The molecule has 2 heterocycles. The maximum Gasteiger partial charge on any atom is 0.262 e. The average molecular weight is 273 g/mol. The number of carbonyl (C=O) groups excluding carboxylic acids is 1. The van der Waals surface area contributed by atoms with E-state index >= 15 is 0 Å². The maximum atomic E-state index is 11.3. The van der Waals surface area contributed by atoms with Gasteiger partial charge in [0.05, 0.1) is 23.6 Å². The van der Waals surface area contributed by atoms with E-state index < -0.39 is 0 Å². The third-order valence-electron chi connectivity index (χ3n) is 3.03. The quantitative estimate of drug-likeness (QED) is 0.745. The lowest BCUT2D eigenvalue weighted by atomic mass is 10.2. The zero-order chi connectivity index (χ0) is 14.1. The van der Waals surface area contributed by atoms with E-state index in [4.69, 9.17) is 14.9 Å². The molecule has 0 unspecified atom stereocenters. The molecule has 104 valence electrons. The fourth-order valence-electron chi connectivity index (χ4n) is 2.06. The van der Waals surface area contributed by atoms with E-state index in [0.29, 0.717) is 23.7 Å². The van der Waals surface area contributed by atoms with Crippen LogP contribution in [0.1, 0.15) is 11.5 Å². The molecule has 4 N–H and O–H groups in total. The minimum absolute atomic E-state index is 0.0187. The molecule has 2 aromatic rings. The molecule has 6 heteroatoms. The normalized spacial score (nSPS) is 13.3. The third kappa shape index (κ3) is 2.40. The Morgan fingerprint density at radius 3 is 3.00 bits per heavy atom. The van der Waals surface area contributed by atoms with Gasteiger partial charge >= 0.3 is 0 Å². The van der Waals surface area contributed by atoms with Gasteiger partial charge in [0.2, 0.25) is 0 Å². The second-order valence-electron chi connectivity index (χ2n) is 4.64. The third-order valence-corrected chi connectivity index (χ3v) is 3.03. The lowest BCUT2D eigenvalue weighted by molar-refractivity contribution is -0.118. The van der Waals surface area contributed by atoms with Crippen molar-refractivity contribution in [1.29, 1.82) is 0 Å². The second kappa shape index (κ2) is 4.80. The molecular weight excluding hydrogens is 258 g/mol. The summed E-state index contributed by atoms with van der Waals surface area (Å²) in [7, 11) is 0. The highest BCUT2D eigenvalue weighted by Gasteiger charge is 2.17. The van der Waals surface area contributed by atoms with Crippen molar-refractivity contribution < 1.29 is 13.9 Å². The monoisotopic (exact) mass is 273 g/mol. The number of nitrogen functional groups attached to an aromatic ring is 1. The van der Waals surface area contributed by atoms with Gasteiger partial charge in [0.25, 0.3) is 5.91 Å². The van der Waals surface area contributed by atoms with E-state index in [9.17, 15) is 4.79 Å². The topological polar surface area (TPSA) is 89.5 Å². The highest BCUT2D eigenvalue weighted by molar-refractivity contribution is 5.97. The lowest BCUT2D eigenvalue weighted by Gasteiger charge is -2.20. The Balaban J connectivity index is 1.79. The summed E-state index contributed by atoms with van der Waals surface area (Å²) in [6.45, 7) is 2.43. The Bertz CT molecular complexity index is 664. The van der Waals surface area contributed by atoms with Crippen LogP contribution >= 0.6 is 0 Å². The van der Waals surface area contributed by atoms with E-state index in [0.717, 1.165) is 17.2 Å². The molecule has 0 radical (unpaired) electrons. The van der Waals surface area contributed by atoms with E-state index in [-0.39, 0.29) is 12.5 Å². The minimum Gasteiger partial charge on any atom is -0.482 e. The number of amides is 1. The van der Waals surface area contributed by atoms with Gasteiger partial charge in [0.15, 0.2) is 6.61 Å². The molecule has 20 heavy (non-hydrogen) atoms. The summed E-state index contributed by atoms with van der Waals surface area (Å²) >= 11 is 0. The fraction of sp³-hybridized carbons (Fsp3) is 0.214. The number of hydrogen-bond donors (Lipinski definition) is 3. The average Bonchev–Trinajstić information content (AvgIpc) is 2.83. The number of aryl methyl sites for hydroxylation is 1. The van der Waals surface area contributed by atoms with Crippen molar-refractivity contribution in [3.8, 4) is 5.75 Å². The van der Waals surface area contributed by atoms with Crippen molar-refractivity contribution in [1.82, 2.24) is 0 Å². The van der Waals surface area contributed by atoms with Crippen LogP contribution in [-0.4, -0.2) is 12.5 Å². The van der Waals surface area contributed by atoms with Crippen LogP contribution in [0, 0.1) is 6.92 Å². The summed E-state index contributed by atoms with van der Waals surface area (Å²) in [5.41, 5.74) is 7.87. The first kappa shape index (κ1) is 12.4. The molecule has 1 amide bonds. The van der Waals surface area contributed by atoms with Crippen LogP contribution < -0.4 is 21.1 Å². The molecule has 1 aliphatic heterocycles. The van der Waals surface area contributed by atoms with Crippen molar-refractivity contribution in [2.24, 2.45) is 0 Å². The van der Waals surface area contributed by atoms with Crippen molar-refractivity contribution >= 4 is 23.0 Å². The standard InChI is InChI=1S/C14H15N3O3/c1-8-2-3-9(20-8)6-16-11-5-12-13(4-10(11)15)19-7-14(18)17-12/h2-5,16H,6-7,15H2,1H3,(H,17,18). The molecule has 1 aromatic heterocycles. The zero-order valence-electron chi connectivity index (χ0n) is 11.0. The Morgan fingerprint density at radius 2 is 2.25 bits per heavy atom. The summed E-state index contributed by atoms with van der Waals surface area (Å²) in [6, 6.07) is 7.27. The van der Waals surface area contributed by atoms with Crippen LogP contribution in [0.15, 0.2) is 28.7 Å². The molecule has 0 bridgehead atoms. The highest BCUT2D eigenvalue weighted by atomic mass is 16.5. The molecule has 0 atom stereocenters. The van der Waals surface area contributed by atoms with Crippen LogP contribution in [0.3, 0.4) is 0 Å². The van der Waals surface area contributed by atoms with Gasteiger partial charge in [-0.2, -0.15) is 0 Å². The van der Waals surface area contributed by atoms with Crippen molar-refractivity contribution in [3.05, 3.63) is 35.8 Å². The Labute approximate surface area is 115 Å². The molecule has 1 aliphatic rings. The smallest absolute Gasteiger partial charge is 0.262 e. The second-order valence-corrected chi connectivity index (χ2v) is 4.64. The van der Waals surface area contributed by atoms with E-state index in [2.05, 4.69) is 10.6 Å². The summed E-state index contributed by atoms with van der Waals surface area (Å²) in [5.74, 6) is 2.09. The molecule has 6 nitrogen and oxygen atoms in total. The van der Waals surface area contributed by atoms with Gasteiger partial charge in [-0.25, -0.2) is 0 Å². The number of ether oxygens (including phenoxy) is 1. The van der Waals surface area contributed by atoms with Crippen LogP contribution in [0.4, 0.5) is 17.1 Å². The number of hydrogen-bond acceptors (Lipinski definition) is 5. The van der Waals surface area contributed by atoms with Gasteiger partial charge in [-0.05, 0) is 25.1 Å². The van der Waals surface area contributed by atoms with Gasteiger partial charge in [0.1, 0.15) is 17.3 Å². The fourth-order valence-corrected chi connectivity index (χ4v) is 2.06. The van der Waals surface area contributed by atoms with Gasteiger partial charge in [-0.15, -0.1) is 0 Å². The maximum absolute atomic E-state index is 11.3. The molecule has 0 saturated heterocycles. The van der Waals surface area contributed by atoms with Crippen LogP contribution in [0.2, 0.25) is 0 Å². The van der Waals surface area contributed by atoms with Crippen LogP contribution in [-0.2, 0) is 11.3 Å². The molecular formula is C14H15N3O3. The van der Waals surface area contributed by atoms with Gasteiger partial charge < -0.3 is 25.5 Å². The SMILES string of the molecule is Cc1ccc(CNc2cc3c(cc2N)OCC(=O)N3)o1. The number of anilines is 3. The number of carbonyl (C=O) groups is 1. The highest BCUT2D eigenvalue weighted by Crippen LogP contribution is 2.35. The molecule has 1 aromatic carbocycles. The molecule has 0 aliphatic carbocycles. The Kier molecular flexibility index (Phi) is 2.98. The van der Waals surface area contributed by atoms with Crippen LogP contribution in [0.25, 0.3) is 0 Å². The van der Waals surface area contributed by atoms with E-state index in [1.807, 2.05) is 19.1 Å². The summed E-state index contributed by atoms with van der Waals surface area (Å²) in [6.07, 6.45) is 0. The molecule has 3 rings (SSSR count). The Hall–Kier alpha value is -2.63.